The number of carbonyl (C=O) groups excluding carboxylic acids is 1. The maximum absolute atomic E-state index is 12.5. The van der Waals surface area contributed by atoms with E-state index in [0.717, 1.165) is 10.0 Å². The van der Waals surface area contributed by atoms with Gasteiger partial charge in [0, 0.05) is 30.5 Å². The van der Waals surface area contributed by atoms with Crippen molar-refractivity contribution in [3.63, 3.8) is 0 Å². The third-order valence-corrected chi connectivity index (χ3v) is 4.05. The monoisotopic (exact) mass is 371 g/mol. The Balaban J connectivity index is 1.89. The molecular formula is C17H14BrN3O2. The minimum atomic E-state index is -0.358. The molecule has 0 unspecified atom stereocenters. The molecule has 3 aromatic rings. The Hall–Kier alpha value is -2.47. The van der Waals surface area contributed by atoms with Gasteiger partial charge in [0.2, 0.25) is 0 Å². The van der Waals surface area contributed by atoms with Crippen molar-refractivity contribution in [1.29, 1.82) is 0 Å². The summed E-state index contributed by atoms with van der Waals surface area (Å²) in [6, 6.07) is 12.9. The van der Waals surface area contributed by atoms with E-state index in [2.05, 4.69) is 20.9 Å². The second kappa shape index (κ2) is 6.34. The fourth-order valence-electron chi connectivity index (χ4n) is 2.31. The lowest BCUT2D eigenvalue weighted by Gasteiger charge is -2.17. The zero-order valence-corrected chi connectivity index (χ0v) is 14.0. The highest BCUT2D eigenvalue weighted by Gasteiger charge is 2.17. The molecule has 0 atom stereocenters. The van der Waals surface area contributed by atoms with E-state index < -0.39 is 0 Å². The second-order valence-corrected chi connectivity index (χ2v) is 6.11. The Morgan fingerprint density at radius 3 is 2.70 bits per heavy atom. The van der Waals surface area contributed by atoms with Crippen LogP contribution in [0.3, 0.4) is 0 Å². The molecule has 6 heteroatoms. The molecule has 0 N–H and O–H groups in total. The van der Waals surface area contributed by atoms with Crippen LogP contribution in [0.2, 0.25) is 0 Å². The van der Waals surface area contributed by atoms with E-state index in [4.69, 9.17) is 0 Å². The van der Waals surface area contributed by atoms with Gasteiger partial charge in [-0.05, 0) is 29.8 Å². The first-order chi connectivity index (χ1) is 11.1. The van der Waals surface area contributed by atoms with Crippen LogP contribution >= 0.6 is 15.9 Å². The molecule has 0 fully saturated rings. The van der Waals surface area contributed by atoms with Crippen LogP contribution in [0.5, 0.6) is 0 Å². The van der Waals surface area contributed by atoms with Crippen molar-refractivity contribution in [2.45, 2.75) is 6.54 Å². The molecule has 1 aromatic carbocycles. The quantitative estimate of drug-likeness (QED) is 0.711. The molecule has 5 nitrogen and oxygen atoms in total. The Morgan fingerprint density at radius 2 is 1.96 bits per heavy atom. The van der Waals surface area contributed by atoms with E-state index in [1.807, 2.05) is 24.3 Å². The van der Waals surface area contributed by atoms with Gasteiger partial charge < -0.3 is 4.90 Å². The number of aromatic nitrogens is 2. The number of amides is 1. The van der Waals surface area contributed by atoms with E-state index in [0.29, 0.717) is 12.2 Å². The summed E-state index contributed by atoms with van der Waals surface area (Å²) in [7, 11) is 1.67. The molecule has 0 aliphatic rings. The molecule has 2 aromatic heterocycles. The van der Waals surface area contributed by atoms with Crippen LogP contribution in [-0.2, 0) is 6.54 Å². The first kappa shape index (κ1) is 15.4. The van der Waals surface area contributed by atoms with Gasteiger partial charge in [0.15, 0.2) is 0 Å². The van der Waals surface area contributed by atoms with Gasteiger partial charge in [0.05, 0.1) is 0 Å². The number of hydrogen-bond acceptors (Lipinski definition) is 3. The van der Waals surface area contributed by atoms with Crippen LogP contribution in [0.25, 0.3) is 5.65 Å². The third kappa shape index (κ3) is 3.17. The molecule has 0 saturated carbocycles. The number of halogens is 1. The molecule has 3 rings (SSSR count). The average molecular weight is 372 g/mol. The Morgan fingerprint density at radius 1 is 1.22 bits per heavy atom. The predicted molar refractivity (Wildman–Crippen MR) is 91.4 cm³/mol. The fourth-order valence-corrected chi connectivity index (χ4v) is 2.58. The number of fused-ring (bicyclic) bond motifs is 1. The Bertz CT molecular complexity index is 919. The molecule has 0 radical (unpaired) electrons. The smallest absolute Gasteiger partial charge is 0.270 e. The Kier molecular flexibility index (Phi) is 4.25. The van der Waals surface area contributed by atoms with Gasteiger partial charge in [0.1, 0.15) is 11.2 Å². The Labute approximate surface area is 141 Å². The summed E-state index contributed by atoms with van der Waals surface area (Å²) in [5, 5.41) is 0. The molecule has 1 amide bonds. The van der Waals surface area contributed by atoms with Crippen LogP contribution in [0.4, 0.5) is 0 Å². The molecule has 0 aliphatic heterocycles. The van der Waals surface area contributed by atoms with Crippen LogP contribution in [0.1, 0.15) is 15.9 Å². The maximum Gasteiger partial charge on any atom is 0.270 e. The lowest BCUT2D eigenvalue weighted by atomic mass is 10.2. The predicted octanol–water partition coefficient (Wildman–Crippen LogP) is 2.73. The van der Waals surface area contributed by atoms with Crippen molar-refractivity contribution in [3.8, 4) is 0 Å². The van der Waals surface area contributed by atoms with Crippen LogP contribution in [0, 0.1) is 0 Å². The zero-order chi connectivity index (χ0) is 16.4. The number of hydrogen-bond donors (Lipinski definition) is 0. The topological polar surface area (TPSA) is 54.7 Å². The molecule has 23 heavy (non-hydrogen) atoms. The van der Waals surface area contributed by atoms with E-state index in [-0.39, 0.29) is 17.0 Å². The average Bonchev–Trinajstić information content (AvgIpc) is 2.57. The number of rotatable bonds is 3. The standard InChI is InChI=1S/C17H14BrN3O2/c1-20(11-12-5-7-13(18)8-6-12)16(22)14-10-19-15-4-2-3-9-21(15)17(14)23/h2-10H,11H2,1H3. The summed E-state index contributed by atoms with van der Waals surface area (Å²) in [5.74, 6) is -0.344. The largest absolute Gasteiger partial charge is 0.337 e. The van der Waals surface area contributed by atoms with Crippen molar-refractivity contribution >= 4 is 27.5 Å². The summed E-state index contributed by atoms with van der Waals surface area (Å²) in [4.78, 5) is 30.7. The van der Waals surface area contributed by atoms with Crippen molar-refractivity contribution in [2.75, 3.05) is 7.05 Å². The van der Waals surface area contributed by atoms with Crippen molar-refractivity contribution in [2.24, 2.45) is 0 Å². The van der Waals surface area contributed by atoms with Crippen molar-refractivity contribution in [1.82, 2.24) is 14.3 Å². The number of pyridine rings is 1. The van der Waals surface area contributed by atoms with Crippen molar-refractivity contribution < 1.29 is 4.79 Å². The maximum atomic E-state index is 12.5. The minimum absolute atomic E-state index is 0.0633. The lowest BCUT2D eigenvalue weighted by Crippen LogP contribution is -2.32. The minimum Gasteiger partial charge on any atom is -0.337 e. The van der Waals surface area contributed by atoms with Gasteiger partial charge in [-0.25, -0.2) is 4.98 Å². The highest BCUT2D eigenvalue weighted by molar-refractivity contribution is 9.10. The molecule has 0 spiro atoms. The van der Waals surface area contributed by atoms with Crippen LogP contribution in [-0.4, -0.2) is 27.2 Å². The molecule has 0 bridgehead atoms. The highest BCUT2D eigenvalue weighted by atomic mass is 79.9. The number of benzene rings is 1. The SMILES string of the molecule is CN(Cc1ccc(Br)cc1)C(=O)c1cnc2ccccn2c1=O. The fraction of sp³-hybridized carbons (Fsp3) is 0.118. The number of carbonyl (C=O) groups is 1. The van der Waals surface area contributed by atoms with Crippen molar-refractivity contribution in [3.05, 3.63) is 80.8 Å². The normalized spacial score (nSPS) is 10.7. The molecule has 116 valence electrons. The third-order valence-electron chi connectivity index (χ3n) is 3.52. The highest BCUT2D eigenvalue weighted by Crippen LogP contribution is 2.12. The summed E-state index contributed by atoms with van der Waals surface area (Å²) in [5.41, 5.74) is 1.21. The zero-order valence-electron chi connectivity index (χ0n) is 12.4. The molecule has 0 aliphatic carbocycles. The summed E-state index contributed by atoms with van der Waals surface area (Å²) in [6.45, 7) is 0.420. The van der Waals surface area contributed by atoms with Crippen LogP contribution < -0.4 is 5.56 Å². The molecule has 0 saturated heterocycles. The van der Waals surface area contributed by atoms with Gasteiger partial charge in [-0.2, -0.15) is 0 Å². The first-order valence-corrected chi connectivity index (χ1v) is 7.82. The van der Waals surface area contributed by atoms with E-state index >= 15 is 0 Å². The van der Waals surface area contributed by atoms with Gasteiger partial charge in [0.25, 0.3) is 11.5 Å². The molecular weight excluding hydrogens is 358 g/mol. The van der Waals surface area contributed by atoms with Gasteiger partial charge in [-0.3, -0.25) is 14.0 Å². The first-order valence-electron chi connectivity index (χ1n) is 7.02. The van der Waals surface area contributed by atoms with Gasteiger partial charge in [-0.15, -0.1) is 0 Å². The summed E-state index contributed by atoms with van der Waals surface area (Å²) in [6.07, 6.45) is 2.95. The summed E-state index contributed by atoms with van der Waals surface area (Å²) >= 11 is 3.38. The van der Waals surface area contributed by atoms with E-state index in [1.165, 1.54) is 15.5 Å². The van der Waals surface area contributed by atoms with Gasteiger partial charge in [-0.1, -0.05) is 34.1 Å². The second-order valence-electron chi connectivity index (χ2n) is 5.19. The van der Waals surface area contributed by atoms with Crippen LogP contribution in [0.15, 0.2) is 64.1 Å². The molecule has 2 heterocycles. The van der Waals surface area contributed by atoms with E-state index in [9.17, 15) is 9.59 Å². The number of nitrogens with zero attached hydrogens (tertiary/aromatic N) is 3. The summed E-state index contributed by atoms with van der Waals surface area (Å²) < 4.78 is 2.35. The van der Waals surface area contributed by atoms with E-state index in [1.54, 1.807) is 31.4 Å². The van der Waals surface area contributed by atoms with Gasteiger partial charge >= 0.3 is 0 Å². The lowest BCUT2D eigenvalue weighted by molar-refractivity contribution is 0.0782.